The molecule has 1 aliphatic rings. The molecular weight excluding hydrogens is 242 g/mol. The van der Waals surface area contributed by atoms with E-state index in [2.05, 4.69) is 4.90 Å². The molecule has 1 aromatic rings. The van der Waals surface area contributed by atoms with Crippen molar-refractivity contribution in [3.8, 4) is 0 Å². The predicted octanol–water partition coefficient (Wildman–Crippen LogP) is 1.73. The summed E-state index contributed by atoms with van der Waals surface area (Å²) in [6.45, 7) is 6.56. The van der Waals surface area contributed by atoms with Crippen molar-refractivity contribution in [1.82, 2.24) is 9.47 Å². The third kappa shape index (κ3) is 3.73. The highest BCUT2D eigenvalue weighted by molar-refractivity contribution is 5.89. The van der Waals surface area contributed by atoms with E-state index >= 15 is 0 Å². The molecule has 5 heteroatoms. The molecule has 0 aromatic carbocycles. The monoisotopic (exact) mass is 265 g/mol. The average molecular weight is 265 g/mol. The number of carbonyl (C=O) groups is 1. The lowest BCUT2D eigenvalue weighted by Crippen LogP contribution is -2.22. The van der Waals surface area contributed by atoms with E-state index in [-0.39, 0.29) is 5.97 Å². The minimum Gasteiger partial charge on any atom is -0.461 e. The van der Waals surface area contributed by atoms with Gasteiger partial charge in [-0.25, -0.2) is 4.79 Å². The van der Waals surface area contributed by atoms with Crippen LogP contribution in [0, 0.1) is 0 Å². The smallest absolute Gasteiger partial charge is 0.355 e. The summed E-state index contributed by atoms with van der Waals surface area (Å²) in [7, 11) is 0. The van der Waals surface area contributed by atoms with E-state index in [0.717, 1.165) is 19.5 Å². The van der Waals surface area contributed by atoms with Crippen molar-refractivity contribution in [2.24, 2.45) is 0 Å². The Balaban J connectivity index is 1.74. The van der Waals surface area contributed by atoms with Gasteiger partial charge >= 0.3 is 5.97 Å². The van der Waals surface area contributed by atoms with Crippen LogP contribution < -0.4 is 5.73 Å². The number of rotatable bonds is 6. The fourth-order valence-corrected chi connectivity index (χ4v) is 2.50. The van der Waals surface area contributed by atoms with Crippen LogP contribution in [-0.4, -0.2) is 41.7 Å². The van der Waals surface area contributed by atoms with E-state index in [1.165, 1.54) is 25.9 Å². The highest BCUT2D eigenvalue weighted by Crippen LogP contribution is 2.12. The molecule has 0 spiro atoms. The largest absolute Gasteiger partial charge is 0.461 e. The second kappa shape index (κ2) is 6.61. The summed E-state index contributed by atoms with van der Waals surface area (Å²) in [5.74, 6) is -0.278. The van der Waals surface area contributed by atoms with Gasteiger partial charge in [-0.15, -0.1) is 0 Å². The van der Waals surface area contributed by atoms with E-state index < -0.39 is 0 Å². The van der Waals surface area contributed by atoms with Gasteiger partial charge in [0.2, 0.25) is 0 Å². The lowest BCUT2D eigenvalue weighted by molar-refractivity contribution is 0.0478. The summed E-state index contributed by atoms with van der Waals surface area (Å²) in [4.78, 5) is 14.3. The average Bonchev–Trinajstić information content (AvgIpc) is 3.03. The van der Waals surface area contributed by atoms with Crippen molar-refractivity contribution in [3.63, 3.8) is 0 Å². The Morgan fingerprint density at radius 3 is 2.84 bits per heavy atom. The summed E-state index contributed by atoms with van der Waals surface area (Å²) in [6.07, 6.45) is 5.25. The Bertz CT molecular complexity index is 422. The summed E-state index contributed by atoms with van der Waals surface area (Å²) < 4.78 is 7.12. The van der Waals surface area contributed by atoms with Crippen LogP contribution in [0.2, 0.25) is 0 Å². The molecule has 0 aliphatic carbocycles. The number of nitrogens with two attached hydrogens (primary N) is 1. The molecule has 1 saturated heterocycles. The van der Waals surface area contributed by atoms with Gasteiger partial charge in [-0.1, -0.05) is 0 Å². The lowest BCUT2D eigenvalue weighted by atomic mass is 10.4. The summed E-state index contributed by atoms with van der Waals surface area (Å²) in [6, 6.07) is 1.67. The highest BCUT2D eigenvalue weighted by Gasteiger charge is 2.14. The van der Waals surface area contributed by atoms with E-state index in [1.54, 1.807) is 12.3 Å². The van der Waals surface area contributed by atoms with Crippen LogP contribution in [0.15, 0.2) is 12.3 Å². The van der Waals surface area contributed by atoms with Crippen LogP contribution in [0.5, 0.6) is 0 Å². The van der Waals surface area contributed by atoms with Crippen LogP contribution in [0.25, 0.3) is 0 Å². The SMILES string of the molecule is CCn1cc(N)cc1C(=O)OCCCN1CCCC1. The minimum atomic E-state index is -0.278. The molecule has 5 nitrogen and oxygen atoms in total. The standard InChI is InChI=1S/C14H23N3O2/c1-2-17-11-12(15)10-13(17)14(18)19-9-5-8-16-6-3-4-7-16/h10-11H,2-9,15H2,1H3. The molecule has 0 unspecified atom stereocenters. The predicted molar refractivity (Wildman–Crippen MR) is 75.1 cm³/mol. The van der Waals surface area contributed by atoms with Gasteiger partial charge in [-0.3, -0.25) is 0 Å². The maximum atomic E-state index is 11.9. The first kappa shape index (κ1) is 13.9. The van der Waals surface area contributed by atoms with Gasteiger partial charge in [0.1, 0.15) is 5.69 Å². The first-order valence-electron chi connectivity index (χ1n) is 7.06. The van der Waals surface area contributed by atoms with Crippen LogP contribution in [-0.2, 0) is 11.3 Å². The summed E-state index contributed by atoms with van der Waals surface area (Å²) in [5, 5.41) is 0. The molecule has 2 N–H and O–H groups in total. The van der Waals surface area contributed by atoms with Gasteiger partial charge in [0.25, 0.3) is 0 Å². The van der Waals surface area contributed by atoms with E-state index in [4.69, 9.17) is 10.5 Å². The van der Waals surface area contributed by atoms with Crippen molar-refractivity contribution >= 4 is 11.7 Å². The second-order valence-electron chi connectivity index (χ2n) is 4.98. The van der Waals surface area contributed by atoms with E-state index in [1.807, 2.05) is 11.5 Å². The zero-order chi connectivity index (χ0) is 13.7. The van der Waals surface area contributed by atoms with E-state index in [9.17, 15) is 4.79 Å². The van der Waals surface area contributed by atoms with Crippen LogP contribution in [0.1, 0.15) is 36.7 Å². The van der Waals surface area contributed by atoms with Crippen molar-refractivity contribution < 1.29 is 9.53 Å². The molecule has 1 aromatic heterocycles. The molecule has 1 fully saturated rings. The lowest BCUT2D eigenvalue weighted by Gasteiger charge is -2.14. The van der Waals surface area contributed by atoms with Crippen molar-refractivity contribution in [2.75, 3.05) is 32.0 Å². The van der Waals surface area contributed by atoms with E-state index in [0.29, 0.717) is 18.0 Å². The quantitative estimate of drug-likeness (QED) is 0.628. The third-order valence-corrected chi connectivity index (χ3v) is 3.52. The summed E-state index contributed by atoms with van der Waals surface area (Å²) in [5.41, 5.74) is 6.84. The molecule has 0 atom stereocenters. The second-order valence-corrected chi connectivity index (χ2v) is 4.98. The number of carbonyl (C=O) groups excluding carboxylic acids is 1. The van der Waals surface area contributed by atoms with Gasteiger partial charge in [-0.2, -0.15) is 0 Å². The van der Waals surface area contributed by atoms with Gasteiger partial charge in [0, 0.05) is 19.3 Å². The van der Waals surface area contributed by atoms with Crippen LogP contribution in [0.4, 0.5) is 5.69 Å². The fraction of sp³-hybridized carbons (Fsp3) is 0.643. The minimum absolute atomic E-state index is 0.278. The molecule has 0 saturated carbocycles. The number of aromatic nitrogens is 1. The van der Waals surface area contributed by atoms with Gasteiger partial charge < -0.3 is 19.9 Å². The number of esters is 1. The zero-order valence-electron chi connectivity index (χ0n) is 11.6. The number of nitrogen functional groups attached to an aromatic ring is 1. The van der Waals surface area contributed by atoms with Crippen molar-refractivity contribution in [1.29, 1.82) is 0 Å². The van der Waals surface area contributed by atoms with Crippen LogP contribution >= 0.6 is 0 Å². The number of likely N-dealkylation sites (tertiary alicyclic amines) is 1. The zero-order valence-corrected chi connectivity index (χ0v) is 11.6. The third-order valence-electron chi connectivity index (χ3n) is 3.52. The first-order valence-corrected chi connectivity index (χ1v) is 7.06. The molecule has 106 valence electrons. The molecule has 2 rings (SSSR count). The molecule has 0 bridgehead atoms. The Hall–Kier alpha value is -1.49. The number of nitrogens with zero attached hydrogens (tertiary/aromatic N) is 2. The number of hydrogen-bond acceptors (Lipinski definition) is 4. The highest BCUT2D eigenvalue weighted by atomic mass is 16.5. The Morgan fingerprint density at radius 2 is 2.16 bits per heavy atom. The van der Waals surface area contributed by atoms with Gasteiger partial charge in [-0.05, 0) is 45.3 Å². The number of anilines is 1. The topological polar surface area (TPSA) is 60.5 Å². The fourth-order valence-electron chi connectivity index (χ4n) is 2.50. The normalized spacial score (nSPS) is 15.8. The maximum absolute atomic E-state index is 11.9. The number of ether oxygens (including phenoxy) is 1. The molecule has 19 heavy (non-hydrogen) atoms. The molecule has 1 aliphatic heterocycles. The van der Waals surface area contributed by atoms with Crippen LogP contribution in [0.3, 0.4) is 0 Å². The van der Waals surface area contributed by atoms with Crippen molar-refractivity contribution in [2.45, 2.75) is 32.7 Å². The van der Waals surface area contributed by atoms with Gasteiger partial charge in [0.15, 0.2) is 0 Å². The number of hydrogen-bond donors (Lipinski definition) is 1. The molecule has 2 heterocycles. The summed E-state index contributed by atoms with van der Waals surface area (Å²) >= 11 is 0. The Kier molecular flexibility index (Phi) is 4.85. The maximum Gasteiger partial charge on any atom is 0.355 e. The molecule has 0 amide bonds. The Morgan fingerprint density at radius 1 is 1.42 bits per heavy atom. The Labute approximate surface area is 114 Å². The number of aryl methyl sites for hydroxylation is 1. The van der Waals surface area contributed by atoms with Gasteiger partial charge in [0.05, 0.1) is 12.3 Å². The molecular formula is C14H23N3O2. The van der Waals surface area contributed by atoms with Crippen molar-refractivity contribution in [3.05, 3.63) is 18.0 Å². The first-order chi connectivity index (χ1) is 9.20. The molecule has 0 radical (unpaired) electrons.